The van der Waals surface area contributed by atoms with E-state index in [2.05, 4.69) is 59.1 Å². The lowest BCUT2D eigenvalue weighted by Gasteiger charge is -2.35. The monoisotopic (exact) mass is 303 g/mol. The molecule has 0 N–H and O–H groups in total. The third kappa shape index (κ3) is 4.89. The maximum absolute atomic E-state index is 4.44. The van der Waals surface area contributed by atoms with Gasteiger partial charge in [-0.25, -0.2) is 0 Å². The maximum atomic E-state index is 4.44. The minimum atomic E-state index is 0.197. The zero-order valence-corrected chi connectivity index (χ0v) is 15.8. The van der Waals surface area contributed by atoms with Crippen LogP contribution in [0.3, 0.4) is 0 Å². The molecule has 1 heteroatoms. The molecule has 0 heterocycles. The molecule has 2 unspecified atom stereocenters. The average molecular weight is 304 g/mol. The Labute approximate surface area is 138 Å². The number of hydrogen-bond donors (Lipinski definition) is 0. The van der Waals surface area contributed by atoms with E-state index < -0.39 is 0 Å². The number of hydrogen-bond acceptors (Lipinski definition) is 1. The molecule has 0 amide bonds. The van der Waals surface area contributed by atoms with Crippen LogP contribution in [0.25, 0.3) is 0 Å². The van der Waals surface area contributed by atoms with Crippen molar-refractivity contribution in [2.24, 2.45) is 22.7 Å². The first kappa shape index (κ1) is 17.6. The van der Waals surface area contributed by atoms with Crippen molar-refractivity contribution < 1.29 is 0 Å². The van der Waals surface area contributed by atoms with Gasteiger partial charge in [-0.1, -0.05) is 45.9 Å². The molecular formula is C21H37N. The molecule has 2 saturated carbocycles. The van der Waals surface area contributed by atoms with Crippen molar-refractivity contribution in [2.45, 2.75) is 73.6 Å². The molecule has 0 bridgehead atoms. The molecule has 126 valence electrons. The van der Waals surface area contributed by atoms with Crippen LogP contribution in [0.1, 0.15) is 73.6 Å². The highest BCUT2D eigenvalue weighted by atomic mass is 15.2. The molecule has 2 rings (SSSR count). The molecule has 2 aliphatic carbocycles. The lowest BCUT2D eigenvalue weighted by Crippen LogP contribution is -2.33. The van der Waals surface area contributed by atoms with Crippen LogP contribution in [0.4, 0.5) is 0 Å². The van der Waals surface area contributed by atoms with Crippen LogP contribution in [0.15, 0.2) is 23.9 Å². The summed E-state index contributed by atoms with van der Waals surface area (Å²) in [6.07, 6.45) is 9.26. The highest BCUT2D eigenvalue weighted by molar-refractivity contribution is 5.09. The van der Waals surface area contributed by atoms with Crippen LogP contribution in [0.5, 0.6) is 0 Å². The van der Waals surface area contributed by atoms with E-state index in [1.165, 1.54) is 56.5 Å². The molecule has 0 aliphatic heterocycles. The minimum absolute atomic E-state index is 0.197. The van der Waals surface area contributed by atoms with Crippen molar-refractivity contribution in [2.75, 3.05) is 13.1 Å². The van der Waals surface area contributed by atoms with Gasteiger partial charge in [0.15, 0.2) is 0 Å². The smallest absolute Gasteiger partial charge is 0.0208 e. The summed E-state index contributed by atoms with van der Waals surface area (Å²) in [5.41, 5.74) is 3.57. The van der Waals surface area contributed by atoms with E-state index in [0.717, 1.165) is 11.8 Å². The molecule has 2 aliphatic rings. The van der Waals surface area contributed by atoms with Gasteiger partial charge in [0.2, 0.25) is 0 Å². The Hall–Kier alpha value is -0.720. The Morgan fingerprint density at radius 1 is 1.23 bits per heavy atom. The predicted molar refractivity (Wildman–Crippen MR) is 97.8 cm³/mol. The van der Waals surface area contributed by atoms with Crippen LogP contribution >= 0.6 is 0 Å². The molecule has 0 aromatic heterocycles. The third-order valence-corrected chi connectivity index (χ3v) is 5.67. The summed E-state index contributed by atoms with van der Waals surface area (Å²) in [6, 6.07) is 0. The van der Waals surface area contributed by atoms with Crippen LogP contribution in [-0.4, -0.2) is 18.0 Å². The molecule has 2 fully saturated rings. The van der Waals surface area contributed by atoms with E-state index in [4.69, 9.17) is 0 Å². The van der Waals surface area contributed by atoms with Gasteiger partial charge in [0.1, 0.15) is 0 Å². The normalized spacial score (nSPS) is 27.5. The van der Waals surface area contributed by atoms with Crippen molar-refractivity contribution in [3.05, 3.63) is 23.9 Å². The molecule has 1 nitrogen and oxygen atoms in total. The van der Waals surface area contributed by atoms with Gasteiger partial charge in [-0.15, -0.1) is 0 Å². The molecule has 0 saturated heterocycles. The van der Waals surface area contributed by atoms with Gasteiger partial charge >= 0.3 is 0 Å². The molecule has 2 atom stereocenters. The minimum Gasteiger partial charge on any atom is -0.374 e. The van der Waals surface area contributed by atoms with E-state index in [1.807, 2.05) is 0 Å². The second-order valence-corrected chi connectivity index (χ2v) is 9.42. The average Bonchev–Trinajstić information content (AvgIpc) is 3.27. The zero-order chi connectivity index (χ0) is 16.5. The topological polar surface area (TPSA) is 3.24 Å². The SMILES string of the molecule is C=C(N(CC1CC1)CC1CC1(C)CCC=C(C)C)C(C)(C)C. The van der Waals surface area contributed by atoms with Gasteiger partial charge < -0.3 is 4.90 Å². The summed E-state index contributed by atoms with van der Waals surface area (Å²) in [4.78, 5) is 2.63. The van der Waals surface area contributed by atoms with Crippen LogP contribution in [0, 0.1) is 22.7 Å². The fraction of sp³-hybridized carbons (Fsp3) is 0.810. The Morgan fingerprint density at radius 3 is 2.36 bits per heavy atom. The quantitative estimate of drug-likeness (QED) is 0.495. The van der Waals surface area contributed by atoms with Crippen molar-refractivity contribution in [1.82, 2.24) is 4.90 Å². The van der Waals surface area contributed by atoms with Crippen molar-refractivity contribution in [3.8, 4) is 0 Å². The van der Waals surface area contributed by atoms with E-state index in [0.29, 0.717) is 5.41 Å². The molecular weight excluding hydrogens is 266 g/mol. The molecule has 0 radical (unpaired) electrons. The molecule has 22 heavy (non-hydrogen) atoms. The second kappa shape index (κ2) is 6.42. The first-order chi connectivity index (χ1) is 10.1. The lowest BCUT2D eigenvalue weighted by atomic mass is 9.91. The van der Waals surface area contributed by atoms with Gasteiger partial charge in [0.25, 0.3) is 0 Å². The van der Waals surface area contributed by atoms with E-state index in [1.54, 1.807) is 0 Å². The van der Waals surface area contributed by atoms with Gasteiger partial charge in [-0.05, 0) is 63.2 Å². The molecule has 0 spiro atoms. The van der Waals surface area contributed by atoms with Crippen LogP contribution in [0.2, 0.25) is 0 Å². The van der Waals surface area contributed by atoms with Crippen LogP contribution in [-0.2, 0) is 0 Å². The van der Waals surface area contributed by atoms with Gasteiger partial charge in [-0.3, -0.25) is 0 Å². The Bertz CT molecular complexity index is 431. The second-order valence-electron chi connectivity index (χ2n) is 9.42. The largest absolute Gasteiger partial charge is 0.374 e. The highest BCUT2D eigenvalue weighted by Crippen LogP contribution is 2.56. The summed E-state index contributed by atoms with van der Waals surface area (Å²) in [6.45, 7) is 20.7. The van der Waals surface area contributed by atoms with Crippen molar-refractivity contribution in [1.29, 1.82) is 0 Å². The Balaban J connectivity index is 1.88. The van der Waals surface area contributed by atoms with Gasteiger partial charge in [-0.2, -0.15) is 0 Å². The molecule has 0 aromatic rings. The first-order valence-electron chi connectivity index (χ1n) is 9.19. The fourth-order valence-corrected chi connectivity index (χ4v) is 3.43. The van der Waals surface area contributed by atoms with Gasteiger partial charge in [0.05, 0.1) is 0 Å². The van der Waals surface area contributed by atoms with Gasteiger partial charge in [0, 0.05) is 24.2 Å². The summed E-state index contributed by atoms with van der Waals surface area (Å²) in [5, 5.41) is 0. The van der Waals surface area contributed by atoms with E-state index >= 15 is 0 Å². The highest BCUT2D eigenvalue weighted by Gasteiger charge is 2.50. The molecule has 0 aromatic carbocycles. The summed E-state index contributed by atoms with van der Waals surface area (Å²) in [7, 11) is 0. The number of allylic oxidation sites excluding steroid dienone is 3. The van der Waals surface area contributed by atoms with Crippen molar-refractivity contribution >= 4 is 0 Å². The fourth-order valence-electron chi connectivity index (χ4n) is 3.43. The Morgan fingerprint density at radius 2 is 1.86 bits per heavy atom. The van der Waals surface area contributed by atoms with Crippen molar-refractivity contribution in [3.63, 3.8) is 0 Å². The first-order valence-corrected chi connectivity index (χ1v) is 9.19. The summed E-state index contributed by atoms with van der Waals surface area (Å²) >= 11 is 0. The summed E-state index contributed by atoms with van der Waals surface area (Å²) < 4.78 is 0. The number of nitrogens with zero attached hydrogens (tertiary/aromatic N) is 1. The third-order valence-electron chi connectivity index (χ3n) is 5.67. The van der Waals surface area contributed by atoms with E-state index in [-0.39, 0.29) is 5.41 Å². The van der Waals surface area contributed by atoms with E-state index in [9.17, 15) is 0 Å². The lowest BCUT2D eigenvalue weighted by molar-refractivity contribution is 0.238. The summed E-state index contributed by atoms with van der Waals surface area (Å²) in [5.74, 6) is 1.81. The maximum Gasteiger partial charge on any atom is 0.0208 e. The standard InChI is InChI=1S/C21H37N/c1-16(2)9-8-12-21(7)13-19(21)15-22(14-18-10-11-18)17(3)20(4,5)6/h9,18-19H,3,8,10-15H2,1-2,4-7H3. The van der Waals surface area contributed by atoms with Crippen LogP contribution < -0.4 is 0 Å². The number of rotatable bonds is 8. The Kier molecular flexibility index (Phi) is 5.14. The zero-order valence-electron chi connectivity index (χ0n) is 15.8. The predicted octanol–water partition coefficient (Wildman–Crippen LogP) is 6.03.